The van der Waals surface area contributed by atoms with Crippen LogP contribution in [0.2, 0.25) is 0 Å². The Morgan fingerprint density at radius 1 is 1.25 bits per heavy atom. The fourth-order valence-electron chi connectivity index (χ4n) is 2.99. The molecule has 0 aromatic carbocycles. The standard InChI is InChI=1S/C12H21N3O5/c1-6-7(5-16)10-9(4-8(6)15-20-17)13-11(18-2)12(14-10)19-3/h6-10,15-17H,4-5H2,1-3H3. The van der Waals surface area contributed by atoms with Crippen LogP contribution in [0.25, 0.3) is 0 Å². The number of aliphatic imine (C=N–C) groups is 2. The average Bonchev–Trinajstić information content (AvgIpc) is 2.47. The first kappa shape index (κ1) is 15.2. The number of hydrogen-bond donors (Lipinski definition) is 3. The smallest absolute Gasteiger partial charge is 0.273 e. The highest BCUT2D eigenvalue weighted by molar-refractivity contribution is 6.35. The van der Waals surface area contributed by atoms with Crippen LogP contribution in [0.15, 0.2) is 9.98 Å². The molecule has 0 bridgehead atoms. The topological polar surface area (TPSA) is 105 Å². The second-order valence-electron chi connectivity index (χ2n) is 5.09. The minimum absolute atomic E-state index is 0.0235. The summed E-state index contributed by atoms with van der Waals surface area (Å²) in [4.78, 5) is 13.1. The van der Waals surface area contributed by atoms with Crippen LogP contribution in [0.5, 0.6) is 0 Å². The molecule has 0 aromatic heterocycles. The molecule has 0 spiro atoms. The SMILES string of the molecule is COC1=NC2CC(NOO)C(C)C(CO)C2N=C1OC. The first-order chi connectivity index (χ1) is 9.65. The maximum Gasteiger partial charge on any atom is 0.273 e. The summed E-state index contributed by atoms with van der Waals surface area (Å²) in [7, 11) is 3.02. The zero-order chi connectivity index (χ0) is 14.7. The zero-order valence-corrected chi connectivity index (χ0v) is 11.8. The van der Waals surface area contributed by atoms with Crippen LogP contribution in [-0.2, 0) is 14.5 Å². The molecule has 5 unspecified atom stereocenters. The molecule has 20 heavy (non-hydrogen) atoms. The fraction of sp³-hybridized carbons (Fsp3) is 0.833. The van der Waals surface area contributed by atoms with Gasteiger partial charge in [0, 0.05) is 18.6 Å². The van der Waals surface area contributed by atoms with Crippen LogP contribution >= 0.6 is 0 Å². The van der Waals surface area contributed by atoms with Crippen molar-refractivity contribution in [2.75, 3.05) is 20.8 Å². The van der Waals surface area contributed by atoms with Crippen molar-refractivity contribution in [3.05, 3.63) is 0 Å². The summed E-state index contributed by atoms with van der Waals surface area (Å²) in [5, 5.41) is 18.2. The summed E-state index contributed by atoms with van der Waals surface area (Å²) in [6.45, 7) is 1.95. The Bertz CT molecular complexity index is 401. The summed E-state index contributed by atoms with van der Waals surface area (Å²) in [5.41, 5.74) is 2.54. The third-order valence-electron chi connectivity index (χ3n) is 4.17. The van der Waals surface area contributed by atoms with E-state index in [9.17, 15) is 5.11 Å². The van der Waals surface area contributed by atoms with Crippen molar-refractivity contribution < 1.29 is 24.8 Å². The normalized spacial score (nSPS) is 36.8. The molecule has 1 heterocycles. The van der Waals surface area contributed by atoms with Gasteiger partial charge in [0.1, 0.15) is 0 Å². The highest BCUT2D eigenvalue weighted by Crippen LogP contribution is 2.36. The molecule has 2 rings (SSSR count). The number of nitrogens with zero attached hydrogens (tertiary/aromatic N) is 2. The number of ether oxygens (including phenoxy) is 2. The van der Waals surface area contributed by atoms with E-state index in [4.69, 9.17) is 14.7 Å². The van der Waals surface area contributed by atoms with E-state index in [1.54, 1.807) is 0 Å². The van der Waals surface area contributed by atoms with Crippen molar-refractivity contribution in [2.45, 2.75) is 31.5 Å². The fourth-order valence-corrected chi connectivity index (χ4v) is 2.99. The van der Waals surface area contributed by atoms with E-state index in [2.05, 4.69) is 20.5 Å². The van der Waals surface area contributed by atoms with Crippen molar-refractivity contribution in [3.8, 4) is 0 Å². The summed E-state index contributed by atoms with van der Waals surface area (Å²) >= 11 is 0. The van der Waals surface area contributed by atoms with Gasteiger partial charge in [-0.25, -0.2) is 15.2 Å². The molecule has 8 nitrogen and oxygen atoms in total. The van der Waals surface area contributed by atoms with Gasteiger partial charge in [-0.2, -0.15) is 5.48 Å². The number of hydrogen-bond acceptors (Lipinski definition) is 8. The molecule has 1 aliphatic carbocycles. The molecule has 2 aliphatic rings. The predicted octanol–water partition coefficient (Wildman–Crippen LogP) is -0.162. The molecule has 5 atom stereocenters. The lowest BCUT2D eigenvalue weighted by molar-refractivity contribution is -0.304. The molecule has 0 aromatic rings. The second-order valence-corrected chi connectivity index (χ2v) is 5.09. The van der Waals surface area contributed by atoms with Crippen LogP contribution in [0.3, 0.4) is 0 Å². The van der Waals surface area contributed by atoms with Gasteiger partial charge < -0.3 is 14.6 Å². The van der Waals surface area contributed by atoms with Gasteiger partial charge in [0.2, 0.25) is 0 Å². The van der Waals surface area contributed by atoms with Gasteiger partial charge in [-0.05, 0) is 12.3 Å². The molecule has 1 saturated carbocycles. The average molecular weight is 287 g/mol. The molecule has 114 valence electrons. The Balaban J connectivity index is 2.27. The number of aliphatic hydroxyl groups is 1. The van der Waals surface area contributed by atoms with Crippen LogP contribution in [-0.4, -0.2) is 61.1 Å². The van der Waals surface area contributed by atoms with Crippen molar-refractivity contribution >= 4 is 11.8 Å². The molecule has 1 fully saturated rings. The third kappa shape index (κ3) is 2.64. The minimum atomic E-state index is -0.166. The summed E-state index contributed by atoms with van der Waals surface area (Å²) in [5.74, 6) is 0.663. The van der Waals surface area contributed by atoms with E-state index in [1.807, 2.05) is 6.92 Å². The third-order valence-corrected chi connectivity index (χ3v) is 4.17. The van der Waals surface area contributed by atoms with E-state index >= 15 is 0 Å². The van der Waals surface area contributed by atoms with Crippen molar-refractivity contribution in [3.63, 3.8) is 0 Å². The number of fused-ring (bicyclic) bond motifs is 1. The van der Waals surface area contributed by atoms with Crippen LogP contribution < -0.4 is 5.48 Å². The zero-order valence-electron chi connectivity index (χ0n) is 11.8. The summed E-state index contributed by atoms with van der Waals surface area (Å²) < 4.78 is 10.3. The van der Waals surface area contributed by atoms with Crippen LogP contribution in [0.1, 0.15) is 13.3 Å². The van der Waals surface area contributed by atoms with E-state index in [1.165, 1.54) is 14.2 Å². The lowest BCUT2D eigenvalue weighted by atomic mass is 9.72. The minimum Gasteiger partial charge on any atom is -0.477 e. The van der Waals surface area contributed by atoms with Gasteiger partial charge in [0.25, 0.3) is 11.8 Å². The van der Waals surface area contributed by atoms with Gasteiger partial charge >= 0.3 is 0 Å². The number of hydroxylamine groups is 1. The summed E-state index contributed by atoms with van der Waals surface area (Å²) in [6, 6.07) is -0.440. The monoisotopic (exact) mass is 287 g/mol. The molecular formula is C12H21N3O5. The highest BCUT2D eigenvalue weighted by Gasteiger charge is 2.45. The Morgan fingerprint density at radius 3 is 2.45 bits per heavy atom. The van der Waals surface area contributed by atoms with Crippen LogP contribution in [0.4, 0.5) is 0 Å². The predicted molar refractivity (Wildman–Crippen MR) is 71.5 cm³/mol. The Morgan fingerprint density at radius 2 is 1.90 bits per heavy atom. The van der Waals surface area contributed by atoms with Gasteiger partial charge in [-0.1, -0.05) is 6.92 Å². The molecule has 0 saturated heterocycles. The van der Waals surface area contributed by atoms with Crippen molar-refractivity contribution in [2.24, 2.45) is 21.8 Å². The first-order valence-corrected chi connectivity index (χ1v) is 6.57. The van der Waals surface area contributed by atoms with Crippen molar-refractivity contribution in [1.29, 1.82) is 0 Å². The van der Waals surface area contributed by atoms with Crippen LogP contribution in [0, 0.1) is 11.8 Å². The number of aliphatic hydroxyl groups excluding tert-OH is 1. The molecule has 8 heteroatoms. The Kier molecular flexibility index (Phi) is 4.92. The number of rotatable bonds is 3. The van der Waals surface area contributed by atoms with E-state index < -0.39 is 0 Å². The maximum atomic E-state index is 9.65. The van der Waals surface area contributed by atoms with Gasteiger partial charge in [0.05, 0.1) is 26.3 Å². The first-order valence-electron chi connectivity index (χ1n) is 6.57. The lowest BCUT2D eigenvalue weighted by Crippen LogP contribution is -2.54. The Labute approximate surface area is 117 Å². The van der Waals surface area contributed by atoms with E-state index in [0.29, 0.717) is 18.2 Å². The number of methoxy groups -OCH3 is 2. The molecule has 0 radical (unpaired) electrons. The highest BCUT2D eigenvalue weighted by atomic mass is 17.2. The lowest BCUT2D eigenvalue weighted by Gasteiger charge is -2.43. The summed E-state index contributed by atoms with van der Waals surface area (Å²) in [6.07, 6.45) is 0.621. The molecule has 3 N–H and O–H groups in total. The van der Waals surface area contributed by atoms with Gasteiger partial charge in [-0.15, -0.1) is 4.99 Å². The van der Waals surface area contributed by atoms with E-state index in [-0.39, 0.29) is 36.6 Å². The molecule has 1 aliphatic heterocycles. The second kappa shape index (κ2) is 6.49. The number of nitrogens with one attached hydrogen (secondary N) is 1. The molecular weight excluding hydrogens is 266 g/mol. The van der Waals surface area contributed by atoms with Gasteiger partial charge in [-0.3, -0.25) is 0 Å². The largest absolute Gasteiger partial charge is 0.477 e. The van der Waals surface area contributed by atoms with Crippen molar-refractivity contribution in [1.82, 2.24) is 5.48 Å². The quantitative estimate of drug-likeness (QED) is 0.492. The molecule has 0 amide bonds. The maximum absolute atomic E-state index is 9.65. The Hall–Kier alpha value is -1.22. The van der Waals surface area contributed by atoms with E-state index in [0.717, 1.165) is 0 Å². The van der Waals surface area contributed by atoms with Gasteiger partial charge in [0.15, 0.2) is 0 Å².